The molecule has 3 nitrogen and oxygen atoms in total. The number of ether oxygens (including phenoxy) is 1. The van der Waals surface area contributed by atoms with Crippen molar-refractivity contribution in [3.63, 3.8) is 0 Å². The monoisotopic (exact) mass is 214 g/mol. The van der Waals surface area contributed by atoms with Gasteiger partial charge in [-0.1, -0.05) is 26.7 Å². The number of nitrogens with two attached hydrogens (primary N) is 1. The molecule has 1 aliphatic rings. The molecule has 0 aromatic heterocycles. The molecule has 1 fully saturated rings. The molecule has 0 aromatic carbocycles. The van der Waals surface area contributed by atoms with Crippen LogP contribution in [0, 0.1) is 11.8 Å². The third-order valence-electron chi connectivity index (χ3n) is 3.61. The molecule has 2 atom stereocenters. The Morgan fingerprint density at radius 3 is 2.60 bits per heavy atom. The minimum absolute atomic E-state index is 0.452. The number of hydrogen-bond acceptors (Lipinski definition) is 3. The highest BCUT2D eigenvalue weighted by atomic mass is 16.5. The molecule has 0 bridgehead atoms. The van der Waals surface area contributed by atoms with E-state index in [1.165, 1.54) is 12.8 Å². The molecule has 0 radical (unpaired) electrons. The Labute approximate surface area is 93.8 Å². The first kappa shape index (κ1) is 12.9. The predicted molar refractivity (Wildman–Crippen MR) is 63.8 cm³/mol. The van der Waals surface area contributed by atoms with Gasteiger partial charge >= 0.3 is 0 Å². The number of nitrogens with one attached hydrogen (secondary N) is 1. The third kappa shape index (κ3) is 4.09. The molecule has 0 aliphatic carbocycles. The summed E-state index contributed by atoms with van der Waals surface area (Å²) in [6.45, 7) is 8.14. The molecule has 3 N–H and O–H groups in total. The van der Waals surface area contributed by atoms with E-state index in [4.69, 9.17) is 10.5 Å². The summed E-state index contributed by atoms with van der Waals surface area (Å²) in [5.74, 6) is 1.42. The van der Waals surface area contributed by atoms with Crippen LogP contribution in [0.1, 0.15) is 33.1 Å². The van der Waals surface area contributed by atoms with Crippen molar-refractivity contribution in [1.82, 2.24) is 5.32 Å². The average molecular weight is 214 g/mol. The summed E-state index contributed by atoms with van der Waals surface area (Å²) in [6, 6.07) is 0.452. The maximum atomic E-state index is 5.80. The molecular weight excluding hydrogens is 188 g/mol. The summed E-state index contributed by atoms with van der Waals surface area (Å²) in [7, 11) is 0. The Kier molecular flexibility index (Phi) is 6.22. The maximum absolute atomic E-state index is 5.80. The smallest absolute Gasteiger partial charge is 0.0510 e. The normalized spacial score (nSPS) is 23.6. The predicted octanol–water partition coefficient (Wildman–Crippen LogP) is 1.38. The largest absolute Gasteiger partial charge is 0.381 e. The van der Waals surface area contributed by atoms with Crippen molar-refractivity contribution in [2.45, 2.75) is 39.2 Å². The average Bonchev–Trinajstić information content (AvgIpc) is 2.78. The SMILES string of the molecule is CCC(CC)CNC(CN)C1CCOC1. The van der Waals surface area contributed by atoms with Gasteiger partial charge in [0.1, 0.15) is 0 Å². The fourth-order valence-electron chi connectivity index (χ4n) is 2.21. The van der Waals surface area contributed by atoms with E-state index in [-0.39, 0.29) is 0 Å². The molecule has 1 aliphatic heterocycles. The van der Waals surface area contributed by atoms with Crippen LogP contribution in [-0.4, -0.2) is 32.3 Å². The summed E-state index contributed by atoms with van der Waals surface area (Å²) in [5.41, 5.74) is 5.80. The molecule has 1 saturated heterocycles. The van der Waals surface area contributed by atoms with Crippen molar-refractivity contribution in [2.24, 2.45) is 17.6 Å². The Bertz CT molecular complexity index is 154. The van der Waals surface area contributed by atoms with Gasteiger partial charge < -0.3 is 15.8 Å². The van der Waals surface area contributed by atoms with Crippen LogP contribution in [0.2, 0.25) is 0 Å². The maximum Gasteiger partial charge on any atom is 0.0510 e. The van der Waals surface area contributed by atoms with E-state index in [0.29, 0.717) is 12.0 Å². The Balaban J connectivity index is 2.26. The molecular formula is C12H26N2O. The second-order valence-electron chi connectivity index (χ2n) is 4.56. The zero-order valence-electron chi connectivity index (χ0n) is 10.2. The van der Waals surface area contributed by atoms with Crippen LogP contribution in [0.4, 0.5) is 0 Å². The van der Waals surface area contributed by atoms with Crippen LogP contribution >= 0.6 is 0 Å². The van der Waals surface area contributed by atoms with Gasteiger partial charge in [-0.2, -0.15) is 0 Å². The molecule has 1 rings (SSSR count). The van der Waals surface area contributed by atoms with E-state index >= 15 is 0 Å². The van der Waals surface area contributed by atoms with Gasteiger partial charge in [-0.05, 0) is 18.9 Å². The van der Waals surface area contributed by atoms with E-state index in [0.717, 1.165) is 38.6 Å². The van der Waals surface area contributed by atoms with Crippen molar-refractivity contribution in [3.8, 4) is 0 Å². The van der Waals surface area contributed by atoms with Gasteiger partial charge in [-0.25, -0.2) is 0 Å². The molecule has 1 heterocycles. The van der Waals surface area contributed by atoms with Gasteiger partial charge in [0.05, 0.1) is 6.61 Å². The van der Waals surface area contributed by atoms with Gasteiger partial charge in [0.2, 0.25) is 0 Å². The second-order valence-corrected chi connectivity index (χ2v) is 4.56. The zero-order valence-corrected chi connectivity index (χ0v) is 10.2. The third-order valence-corrected chi connectivity index (χ3v) is 3.61. The van der Waals surface area contributed by atoms with Gasteiger partial charge in [0, 0.05) is 25.1 Å². The first-order chi connectivity index (χ1) is 7.31. The minimum atomic E-state index is 0.452. The van der Waals surface area contributed by atoms with Crippen LogP contribution in [0.3, 0.4) is 0 Å². The molecule has 15 heavy (non-hydrogen) atoms. The summed E-state index contributed by atoms with van der Waals surface area (Å²) < 4.78 is 5.40. The lowest BCUT2D eigenvalue weighted by atomic mass is 9.97. The molecule has 0 saturated carbocycles. The van der Waals surface area contributed by atoms with Crippen molar-refractivity contribution < 1.29 is 4.74 Å². The van der Waals surface area contributed by atoms with Crippen LogP contribution in [0.15, 0.2) is 0 Å². The Morgan fingerprint density at radius 2 is 2.13 bits per heavy atom. The molecule has 3 heteroatoms. The summed E-state index contributed by atoms with van der Waals surface area (Å²) in [5, 5.41) is 3.61. The quantitative estimate of drug-likeness (QED) is 0.673. The second kappa shape index (κ2) is 7.20. The van der Waals surface area contributed by atoms with Crippen LogP contribution in [0.25, 0.3) is 0 Å². The van der Waals surface area contributed by atoms with Crippen molar-refractivity contribution in [1.29, 1.82) is 0 Å². The highest BCUT2D eigenvalue weighted by Crippen LogP contribution is 2.16. The fraction of sp³-hybridized carbons (Fsp3) is 1.00. The molecule has 2 unspecified atom stereocenters. The van der Waals surface area contributed by atoms with Gasteiger partial charge in [0.25, 0.3) is 0 Å². The molecule has 0 aromatic rings. The topological polar surface area (TPSA) is 47.3 Å². The Morgan fingerprint density at radius 1 is 1.40 bits per heavy atom. The summed E-state index contributed by atoms with van der Waals surface area (Å²) in [4.78, 5) is 0. The van der Waals surface area contributed by atoms with Crippen LogP contribution in [0.5, 0.6) is 0 Å². The van der Waals surface area contributed by atoms with Crippen LogP contribution in [-0.2, 0) is 4.74 Å². The van der Waals surface area contributed by atoms with E-state index in [9.17, 15) is 0 Å². The highest BCUT2D eigenvalue weighted by Gasteiger charge is 2.24. The Hall–Kier alpha value is -0.120. The molecule has 0 spiro atoms. The van der Waals surface area contributed by atoms with E-state index in [1.54, 1.807) is 0 Å². The summed E-state index contributed by atoms with van der Waals surface area (Å²) in [6.07, 6.45) is 3.67. The van der Waals surface area contributed by atoms with Gasteiger partial charge in [0.15, 0.2) is 0 Å². The lowest BCUT2D eigenvalue weighted by Gasteiger charge is -2.24. The van der Waals surface area contributed by atoms with E-state index in [1.807, 2.05) is 0 Å². The van der Waals surface area contributed by atoms with Crippen molar-refractivity contribution in [3.05, 3.63) is 0 Å². The van der Waals surface area contributed by atoms with Crippen molar-refractivity contribution in [2.75, 3.05) is 26.3 Å². The minimum Gasteiger partial charge on any atom is -0.381 e. The number of rotatable bonds is 7. The van der Waals surface area contributed by atoms with E-state index < -0.39 is 0 Å². The molecule has 90 valence electrons. The lowest BCUT2D eigenvalue weighted by molar-refractivity contribution is 0.176. The first-order valence-electron chi connectivity index (χ1n) is 6.32. The van der Waals surface area contributed by atoms with Gasteiger partial charge in [-0.15, -0.1) is 0 Å². The fourth-order valence-corrected chi connectivity index (χ4v) is 2.21. The summed E-state index contributed by atoms with van der Waals surface area (Å²) >= 11 is 0. The van der Waals surface area contributed by atoms with Gasteiger partial charge in [-0.3, -0.25) is 0 Å². The lowest BCUT2D eigenvalue weighted by Crippen LogP contribution is -2.44. The standard InChI is InChI=1S/C12H26N2O/c1-3-10(4-2)8-14-12(7-13)11-5-6-15-9-11/h10-12,14H,3-9,13H2,1-2H3. The number of hydrogen-bond donors (Lipinski definition) is 2. The highest BCUT2D eigenvalue weighted by molar-refractivity contribution is 4.80. The van der Waals surface area contributed by atoms with Crippen LogP contribution < -0.4 is 11.1 Å². The zero-order chi connectivity index (χ0) is 11.1. The molecule has 0 amide bonds. The first-order valence-corrected chi connectivity index (χ1v) is 6.32. The van der Waals surface area contributed by atoms with Crippen molar-refractivity contribution >= 4 is 0 Å². The van der Waals surface area contributed by atoms with E-state index in [2.05, 4.69) is 19.2 Å².